The molecular weight excluding hydrogens is 623 g/mol. The van der Waals surface area contributed by atoms with Gasteiger partial charge >= 0.3 is 5.97 Å². The largest absolute Gasteiger partial charge is 0.462 e. The van der Waals surface area contributed by atoms with Crippen molar-refractivity contribution >= 4 is 5.97 Å². The van der Waals surface area contributed by atoms with Crippen molar-refractivity contribution in [2.45, 2.75) is 124 Å². The van der Waals surface area contributed by atoms with Crippen LogP contribution in [0.1, 0.15) is 126 Å². The Morgan fingerprint density at radius 1 is 0.840 bits per heavy atom. The van der Waals surface area contributed by atoms with Gasteiger partial charge < -0.3 is 14.9 Å². The first-order valence-electron chi connectivity index (χ1n) is 19.3. The first kappa shape index (κ1) is 39.5. The van der Waals surface area contributed by atoms with Gasteiger partial charge in [0.25, 0.3) is 0 Å². The lowest BCUT2D eigenvalue weighted by Gasteiger charge is -2.29. The van der Waals surface area contributed by atoms with Gasteiger partial charge in [0.05, 0.1) is 19.8 Å². The van der Waals surface area contributed by atoms with Gasteiger partial charge in [-0.15, -0.1) is 0 Å². The molecule has 3 aromatic carbocycles. The third-order valence-electron chi connectivity index (χ3n) is 11.4. The zero-order valence-electron chi connectivity index (χ0n) is 31.2. The number of aliphatic hydroxyl groups is 2. The number of hydrogen-bond acceptors (Lipinski definition) is 4. The summed E-state index contributed by atoms with van der Waals surface area (Å²) in [6, 6.07) is 18.7. The van der Waals surface area contributed by atoms with Crippen molar-refractivity contribution in [2.24, 2.45) is 11.3 Å². The predicted molar refractivity (Wildman–Crippen MR) is 205 cm³/mol. The Labute approximate surface area is 301 Å². The maximum absolute atomic E-state index is 15.7. The molecule has 1 fully saturated rings. The lowest BCUT2D eigenvalue weighted by atomic mass is 9.77. The molecule has 1 saturated carbocycles. The van der Waals surface area contributed by atoms with Crippen LogP contribution < -0.4 is 0 Å². The SMILES string of the molecule is C=C(C)C(=O)OCCCc1cc(-c2ccc(-c3ccc(C4CCC(CCCCC)CC4)cc3F)cc2CC)ccc1CCC(CC)(CO)CO. The Kier molecular flexibility index (Phi) is 15.3. The highest BCUT2D eigenvalue weighted by molar-refractivity contribution is 5.86. The number of unbranched alkanes of at least 4 members (excludes halogenated alkanes) is 2. The first-order valence-corrected chi connectivity index (χ1v) is 19.3. The Morgan fingerprint density at radius 3 is 2.16 bits per heavy atom. The van der Waals surface area contributed by atoms with E-state index in [4.69, 9.17) is 4.74 Å². The van der Waals surface area contributed by atoms with E-state index < -0.39 is 5.41 Å². The summed E-state index contributed by atoms with van der Waals surface area (Å²) in [4.78, 5) is 11.9. The first-order chi connectivity index (χ1) is 24.2. The molecule has 1 aliphatic carbocycles. The third kappa shape index (κ3) is 10.4. The summed E-state index contributed by atoms with van der Waals surface area (Å²) in [7, 11) is 0. The fourth-order valence-electron chi connectivity index (χ4n) is 7.65. The zero-order valence-corrected chi connectivity index (χ0v) is 31.2. The molecule has 5 heteroatoms. The van der Waals surface area contributed by atoms with Crippen LogP contribution in [0.2, 0.25) is 0 Å². The van der Waals surface area contributed by atoms with Crippen molar-refractivity contribution in [1.29, 1.82) is 0 Å². The number of carbonyl (C=O) groups is 1. The molecule has 1 aliphatic rings. The second-order valence-electron chi connectivity index (χ2n) is 14.9. The molecule has 0 aromatic heterocycles. The van der Waals surface area contributed by atoms with E-state index in [0.717, 1.165) is 71.4 Å². The van der Waals surface area contributed by atoms with Gasteiger partial charge in [-0.3, -0.25) is 0 Å². The highest BCUT2D eigenvalue weighted by atomic mass is 19.1. The van der Waals surface area contributed by atoms with Crippen LogP contribution in [0.5, 0.6) is 0 Å². The average molecular weight is 685 g/mol. The Morgan fingerprint density at radius 2 is 1.52 bits per heavy atom. The van der Waals surface area contributed by atoms with Gasteiger partial charge in [-0.1, -0.05) is 102 Å². The Hall–Kier alpha value is -3.28. The third-order valence-corrected chi connectivity index (χ3v) is 11.4. The molecule has 272 valence electrons. The minimum absolute atomic E-state index is 0.0556. The van der Waals surface area contributed by atoms with E-state index >= 15 is 4.39 Å². The van der Waals surface area contributed by atoms with Gasteiger partial charge in [-0.2, -0.15) is 0 Å². The van der Waals surface area contributed by atoms with Crippen LogP contribution in [0.15, 0.2) is 66.7 Å². The fraction of sp³-hybridized carbons (Fsp3) is 0.533. The standard InChI is InChI=1S/C45H61FO4/c1-6-9-10-12-33-14-16-35(17-15-33)38-20-23-42(43(46)29-38)40-21-22-41(34(7-2)27-40)39-19-18-36(24-25-45(8-3,30-47)31-48)37(28-39)13-11-26-50-44(49)32(4)5/h18-23,27-29,33,35,47-48H,4,6-17,24-26,30-31H2,1-3,5H3. The maximum atomic E-state index is 15.7. The van der Waals surface area contributed by atoms with Crippen molar-refractivity contribution < 1.29 is 24.1 Å². The van der Waals surface area contributed by atoms with Crippen molar-refractivity contribution in [3.63, 3.8) is 0 Å². The number of esters is 1. The van der Waals surface area contributed by atoms with E-state index in [2.05, 4.69) is 56.8 Å². The molecular formula is C45H61FO4. The number of halogens is 1. The highest BCUT2D eigenvalue weighted by Gasteiger charge is 2.27. The zero-order chi connectivity index (χ0) is 36.1. The summed E-state index contributed by atoms with van der Waals surface area (Å²) < 4.78 is 21.1. The number of ether oxygens (including phenoxy) is 1. The van der Waals surface area contributed by atoms with E-state index in [1.807, 2.05) is 19.1 Å². The lowest BCUT2D eigenvalue weighted by Crippen LogP contribution is -2.29. The Bertz CT molecular complexity index is 1540. The Balaban J connectivity index is 1.54. The average Bonchev–Trinajstić information content (AvgIpc) is 3.14. The number of aliphatic hydroxyl groups excluding tert-OH is 2. The van der Waals surface area contributed by atoms with Crippen LogP contribution in [0, 0.1) is 17.2 Å². The minimum Gasteiger partial charge on any atom is -0.462 e. The number of rotatable bonds is 19. The summed E-state index contributed by atoms with van der Waals surface area (Å²) in [6.07, 6.45) is 14.4. The predicted octanol–water partition coefficient (Wildman–Crippen LogP) is 10.9. The minimum atomic E-state index is -0.515. The van der Waals surface area contributed by atoms with Crippen LogP contribution in [-0.4, -0.2) is 36.0 Å². The molecule has 0 unspecified atom stereocenters. The molecule has 4 rings (SSSR count). The molecule has 0 saturated heterocycles. The van der Waals surface area contributed by atoms with Gasteiger partial charge in [0.2, 0.25) is 0 Å². The molecule has 0 amide bonds. The molecule has 0 radical (unpaired) electrons. The highest BCUT2D eigenvalue weighted by Crippen LogP contribution is 2.40. The molecule has 0 aliphatic heterocycles. The van der Waals surface area contributed by atoms with Crippen LogP contribution in [-0.2, 0) is 28.8 Å². The second-order valence-corrected chi connectivity index (χ2v) is 14.9. The number of carbonyl (C=O) groups excluding carboxylic acids is 1. The molecule has 4 nitrogen and oxygen atoms in total. The monoisotopic (exact) mass is 684 g/mol. The molecule has 0 spiro atoms. The van der Waals surface area contributed by atoms with Gasteiger partial charge in [-0.05, 0) is 128 Å². The molecule has 0 heterocycles. The van der Waals surface area contributed by atoms with E-state index in [9.17, 15) is 15.0 Å². The van der Waals surface area contributed by atoms with Gasteiger partial charge in [0, 0.05) is 16.6 Å². The van der Waals surface area contributed by atoms with Crippen LogP contribution in [0.3, 0.4) is 0 Å². The van der Waals surface area contributed by atoms with E-state index in [0.29, 0.717) is 42.9 Å². The summed E-state index contributed by atoms with van der Waals surface area (Å²) in [5.74, 6) is 0.770. The van der Waals surface area contributed by atoms with Gasteiger partial charge in [-0.25, -0.2) is 9.18 Å². The molecule has 3 aromatic rings. The lowest BCUT2D eigenvalue weighted by molar-refractivity contribution is -0.139. The quantitative estimate of drug-likeness (QED) is 0.0749. The van der Waals surface area contributed by atoms with E-state index in [1.54, 1.807) is 13.0 Å². The van der Waals surface area contributed by atoms with Crippen molar-refractivity contribution in [1.82, 2.24) is 0 Å². The van der Waals surface area contributed by atoms with Crippen LogP contribution in [0.25, 0.3) is 22.3 Å². The molecule has 2 N–H and O–H groups in total. The second kappa shape index (κ2) is 19.4. The van der Waals surface area contributed by atoms with Gasteiger partial charge in [0.15, 0.2) is 0 Å². The van der Waals surface area contributed by atoms with Crippen LogP contribution in [0.4, 0.5) is 4.39 Å². The van der Waals surface area contributed by atoms with E-state index in [1.165, 1.54) is 44.1 Å². The summed E-state index contributed by atoms with van der Waals surface area (Å²) in [6.45, 7) is 11.9. The summed E-state index contributed by atoms with van der Waals surface area (Å²) >= 11 is 0. The number of aryl methyl sites for hydroxylation is 3. The van der Waals surface area contributed by atoms with Crippen LogP contribution >= 0.6 is 0 Å². The molecule has 0 bridgehead atoms. The topological polar surface area (TPSA) is 66.8 Å². The normalized spacial score (nSPS) is 16.4. The molecule has 50 heavy (non-hydrogen) atoms. The van der Waals surface area contributed by atoms with E-state index in [-0.39, 0.29) is 25.0 Å². The van der Waals surface area contributed by atoms with Crippen molar-refractivity contribution in [3.05, 3.63) is 94.8 Å². The summed E-state index contributed by atoms with van der Waals surface area (Å²) in [5.41, 5.74) is 8.27. The summed E-state index contributed by atoms with van der Waals surface area (Å²) in [5, 5.41) is 20.1. The van der Waals surface area contributed by atoms with Gasteiger partial charge in [0.1, 0.15) is 5.82 Å². The van der Waals surface area contributed by atoms with Crippen molar-refractivity contribution in [2.75, 3.05) is 19.8 Å². The molecule has 0 atom stereocenters. The number of benzene rings is 3. The van der Waals surface area contributed by atoms with Crippen molar-refractivity contribution in [3.8, 4) is 22.3 Å². The maximum Gasteiger partial charge on any atom is 0.333 e. The fourth-order valence-corrected chi connectivity index (χ4v) is 7.65. The smallest absolute Gasteiger partial charge is 0.333 e. The number of hydrogen-bond donors (Lipinski definition) is 2.